The van der Waals surface area contributed by atoms with Crippen molar-refractivity contribution in [3.63, 3.8) is 0 Å². The van der Waals surface area contributed by atoms with E-state index in [2.05, 4.69) is 39.8 Å². The summed E-state index contributed by atoms with van der Waals surface area (Å²) >= 11 is 0. The van der Waals surface area contributed by atoms with Gasteiger partial charge in [0.25, 0.3) is 0 Å². The summed E-state index contributed by atoms with van der Waals surface area (Å²) < 4.78 is 0. The molecule has 0 spiro atoms. The smallest absolute Gasteiger partial charge is 0.153 e. The number of fused-ring (bicyclic) bond motifs is 1. The Bertz CT molecular complexity index is 613. The van der Waals surface area contributed by atoms with Crippen molar-refractivity contribution in [2.75, 3.05) is 11.9 Å². The Morgan fingerprint density at radius 1 is 1.10 bits per heavy atom. The molecule has 1 atom stereocenters. The van der Waals surface area contributed by atoms with Gasteiger partial charge in [0.1, 0.15) is 5.82 Å². The summed E-state index contributed by atoms with van der Waals surface area (Å²) in [5.74, 6) is 3.18. The van der Waals surface area contributed by atoms with E-state index < -0.39 is 0 Å². The fraction of sp³-hybridized carbons (Fsp3) is 0.529. The van der Waals surface area contributed by atoms with Gasteiger partial charge in [-0.25, -0.2) is 4.98 Å². The van der Waals surface area contributed by atoms with Gasteiger partial charge in [0, 0.05) is 30.5 Å². The number of H-pyrrole nitrogens is 1. The zero-order valence-corrected chi connectivity index (χ0v) is 12.3. The predicted molar refractivity (Wildman–Crippen MR) is 83.6 cm³/mol. The molecule has 4 nitrogen and oxygen atoms in total. The fourth-order valence-corrected chi connectivity index (χ4v) is 3.72. The number of benzene rings is 1. The van der Waals surface area contributed by atoms with Crippen LogP contribution in [0.3, 0.4) is 0 Å². The van der Waals surface area contributed by atoms with Crippen LogP contribution >= 0.6 is 0 Å². The van der Waals surface area contributed by atoms with Gasteiger partial charge < -0.3 is 5.32 Å². The van der Waals surface area contributed by atoms with Crippen LogP contribution in [0.15, 0.2) is 24.3 Å². The first-order valence-corrected chi connectivity index (χ1v) is 8.14. The van der Waals surface area contributed by atoms with E-state index in [1.54, 1.807) is 0 Å². The second-order valence-electron chi connectivity index (χ2n) is 6.34. The fourth-order valence-electron chi connectivity index (χ4n) is 3.72. The first kappa shape index (κ1) is 12.9. The molecule has 110 valence electrons. The molecule has 2 aliphatic rings. The van der Waals surface area contributed by atoms with Gasteiger partial charge in [-0.05, 0) is 24.5 Å². The molecule has 21 heavy (non-hydrogen) atoms. The maximum Gasteiger partial charge on any atom is 0.153 e. The second-order valence-corrected chi connectivity index (χ2v) is 6.34. The van der Waals surface area contributed by atoms with Crippen LogP contribution < -0.4 is 5.32 Å². The van der Waals surface area contributed by atoms with E-state index in [1.165, 1.54) is 43.4 Å². The van der Waals surface area contributed by atoms with Gasteiger partial charge in [-0.1, -0.05) is 37.5 Å². The van der Waals surface area contributed by atoms with E-state index in [4.69, 9.17) is 4.98 Å². The molecule has 2 aromatic rings. The molecule has 0 amide bonds. The van der Waals surface area contributed by atoms with Crippen LogP contribution in [-0.4, -0.2) is 21.7 Å². The maximum absolute atomic E-state index is 4.78. The van der Waals surface area contributed by atoms with Crippen LogP contribution in [0.5, 0.6) is 0 Å². The number of nitrogens with zero attached hydrogens (tertiary/aromatic N) is 2. The normalized spacial score (nSPS) is 22.0. The highest BCUT2D eigenvalue weighted by molar-refractivity contribution is 5.57. The van der Waals surface area contributed by atoms with Crippen molar-refractivity contribution in [2.45, 2.75) is 50.4 Å². The summed E-state index contributed by atoms with van der Waals surface area (Å²) in [5, 5.41) is 11.1. The first-order chi connectivity index (χ1) is 10.4. The van der Waals surface area contributed by atoms with Gasteiger partial charge in [0.2, 0.25) is 0 Å². The van der Waals surface area contributed by atoms with Gasteiger partial charge in [-0.3, -0.25) is 5.10 Å². The number of aromatic nitrogens is 3. The SMILES string of the molecule is c1ccc2c(c1)NCC2Cc1nc(C2CCCCC2)n[nH]1. The third-order valence-corrected chi connectivity index (χ3v) is 4.90. The topological polar surface area (TPSA) is 53.6 Å². The standard InChI is InChI=1S/C17H22N4/c1-2-6-12(7-3-1)17-19-16(20-21-17)10-13-11-18-15-9-5-4-8-14(13)15/h4-5,8-9,12-13,18H,1-3,6-7,10-11H2,(H,19,20,21). The molecule has 4 rings (SSSR count). The summed E-state index contributed by atoms with van der Waals surface area (Å²) in [6.45, 7) is 0.999. The zero-order valence-electron chi connectivity index (χ0n) is 12.3. The second kappa shape index (κ2) is 5.51. The molecular weight excluding hydrogens is 260 g/mol. The van der Waals surface area contributed by atoms with Gasteiger partial charge in [-0.2, -0.15) is 5.10 Å². The summed E-state index contributed by atoms with van der Waals surface area (Å²) in [6, 6.07) is 8.58. The van der Waals surface area contributed by atoms with Gasteiger partial charge >= 0.3 is 0 Å². The number of para-hydroxylation sites is 1. The van der Waals surface area contributed by atoms with E-state index in [0.29, 0.717) is 11.8 Å². The van der Waals surface area contributed by atoms with Crippen LogP contribution in [-0.2, 0) is 6.42 Å². The average molecular weight is 282 g/mol. The highest BCUT2D eigenvalue weighted by Gasteiger charge is 2.24. The molecule has 1 aromatic carbocycles. The molecular formula is C17H22N4. The van der Waals surface area contributed by atoms with Crippen molar-refractivity contribution in [1.82, 2.24) is 15.2 Å². The van der Waals surface area contributed by atoms with Gasteiger partial charge in [0.05, 0.1) is 0 Å². The third kappa shape index (κ3) is 2.55. The van der Waals surface area contributed by atoms with Crippen molar-refractivity contribution in [1.29, 1.82) is 0 Å². The lowest BCUT2D eigenvalue weighted by Gasteiger charge is -2.18. The number of anilines is 1. The zero-order chi connectivity index (χ0) is 14.1. The molecule has 1 aliphatic heterocycles. The van der Waals surface area contributed by atoms with Crippen molar-refractivity contribution >= 4 is 5.69 Å². The molecule has 1 fully saturated rings. The number of hydrogen-bond donors (Lipinski definition) is 2. The molecule has 2 N–H and O–H groups in total. The number of rotatable bonds is 3. The lowest BCUT2D eigenvalue weighted by atomic mass is 9.89. The minimum absolute atomic E-state index is 0.508. The molecule has 1 unspecified atom stereocenters. The summed E-state index contributed by atoms with van der Waals surface area (Å²) in [4.78, 5) is 4.78. The average Bonchev–Trinajstić information content (AvgIpc) is 3.17. The first-order valence-electron chi connectivity index (χ1n) is 8.14. The van der Waals surface area contributed by atoms with Crippen molar-refractivity contribution in [2.24, 2.45) is 0 Å². The van der Waals surface area contributed by atoms with Crippen molar-refractivity contribution in [3.8, 4) is 0 Å². The maximum atomic E-state index is 4.78. The molecule has 0 radical (unpaired) electrons. The minimum atomic E-state index is 0.508. The summed E-state index contributed by atoms with van der Waals surface area (Å²) in [5.41, 5.74) is 2.68. The van der Waals surface area contributed by atoms with E-state index in [9.17, 15) is 0 Å². The summed E-state index contributed by atoms with van der Waals surface area (Å²) in [7, 11) is 0. The Balaban J connectivity index is 1.47. The Labute approximate surface area is 125 Å². The molecule has 0 bridgehead atoms. The monoisotopic (exact) mass is 282 g/mol. The van der Waals surface area contributed by atoms with Crippen LogP contribution in [0.4, 0.5) is 5.69 Å². The molecule has 4 heteroatoms. The third-order valence-electron chi connectivity index (χ3n) is 4.90. The molecule has 1 aromatic heterocycles. The Morgan fingerprint density at radius 3 is 2.86 bits per heavy atom. The quantitative estimate of drug-likeness (QED) is 0.904. The number of aromatic amines is 1. The van der Waals surface area contributed by atoms with Crippen LogP contribution in [0.2, 0.25) is 0 Å². The lowest BCUT2D eigenvalue weighted by molar-refractivity contribution is 0.429. The molecule has 1 saturated carbocycles. The van der Waals surface area contributed by atoms with E-state index in [-0.39, 0.29) is 0 Å². The molecule has 0 saturated heterocycles. The lowest BCUT2D eigenvalue weighted by Crippen LogP contribution is -2.08. The molecule has 1 aliphatic carbocycles. The Morgan fingerprint density at radius 2 is 1.95 bits per heavy atom. The van der Waals surface area contributed by atoms with E-state index in [1.807, 2.05) is 0 Å². The summed E-state index contributed by atoms with van der Waals surface area (Å²) in [6.07, 6.45) is 7.49. The van der Waals surface area contributed by atoms with Crippen molar-refractivity contribution in [3.05, 3.63) is 41.5 Å². The van der Waals surface area contributed by atoms with Crippen LogP contribution in [0.25, 0.3) is 0 Å². The van der Waals surface area contributed by atoms with Gasteiger partial charge in [0.15, 0.2) is 5.82 Å². The van der Waals surface area contributed by atoms with Crippen molar-refractivity contribution < 1.29 is 0 Å². The largest absolute Gasteiger partial charge is 0.384 e. The Hall–Kier alpha value is -1.84. The van der Waals surface area contributed by atoms with Crippen LogP contribution in [0, 0.1) is 0 Å². The molecule has 2 heterocycles. The predicted octanol–water partition coefficient (Wildman–Crippen LogP) is 3.60. The van der Waals surface area contributed by atoms with Crippen LogP contribution in [0.1, 0.15) is 61.2 Å². The van der Waals surface area contributed by atoms with E-state index >= 15 is 0 Å². The number of nitrogens with one attached hydrogen (secondary N) is 2. The highest BCUT2D eigenvalue weighted by atomic mass is 15.2. The van der Waals surface area contributed by atoms with E-state index in [0.717, 1.165) is 24.6 Å². The van der Waals surface area contributed by atoms with Gasteiger partial charge in [-0.15, -0.1) is 0 Å². The number of hydrogen-bond acceptors (Lipinski definition) is 3. The highest BCUT2D eigenvalue weighted by Crippen LogP contribution is 2.34. The Kier molecular flexibility index (Phi) is 3.37. The minimum Gasteiger partial charge on any atom is -0.384 e.